The highest BCUT2D eigenvalue weighted by Gasteiger charge is 2.21. The SMILES string of the molecule is COc1ccccc1CN(Cc1cc2cc(C)c(C)cc2[nH]c1=O)Cc1nnnn1C[C@H]1CCCO1. The number of fused-ring (bicyclic) bond motifs is 1. The number of para-hydroxylation sites is 1. The minimum atomic E-state index is -0.0882. The van der Waals surface area contributed by atoms with Gasteiger partial charge in [0.15, 0.2) is 5.82 Å². The van der Waals surface area contributed by atoms with E-state index in [4.69, 9.17) is 9.47 Å². The number of ether oxygens (including phenoxy) is 2. The van der Waals surface area contributed by atoms with Crippen molar-refractivity contribution in [2.75, 3.05) is 13.7 Å². The van der Waals surface area contributed by atoms with E-state index < -0.39 is 0 Å². The van der Waals surface area contributed by atoms with Gasteiger partial charge in [0.2, 0.25) is 0 Å². The molecule has 0 spiro atoms. The summed E-state index contributed by atoms with van der Waals surface area (Å²) in [4.78, 5) is 18.3. The van der Waals surface area contributed by atoms with E-state index in [1.165, 1.54) is 5.56 Å². The highest BCUT2D eigenvalue weighted by Crippen LogP contribution is 2.23. The van der Waals surface area contributed by atoms with Gasteiger partial charge in [-0.15, -0.1) is 5.10 Å². The monoisotopic (exact) mass is 488 g/mol. The second-order valence-corrected chi connectivity index (χ2v) is 9.52. The minimum absolute atomic E-state index is 0.0882. The van der Waals surface area contributed by atoms with Crippen LogP contribution in [-0.2, 0) is 30.9 Å². The van der Waals surface area contributed by atoms with Crippen molar-refractivity contribution < 1.29 is 9.47 Å². The molecule has 0 saturated carbocycles. The summed E-state index contributed by atoms with van der Waals surface area (Å²) in [5, 5.41) is 13.5. The van der Waals surface area contributed by atoms with Gasteiger partial charge in [-0.25, -0.2) is 4.68 Å². The Morgan fingerprint density at radius 2 is 1.92 bits per heavy atom. The molecule has 2 aromatic heterocycles. The molecule has 188 valence electrons. The summed E-state index contributed by atoms with van der Waals surface area (Å²) in [5.74, 6) is 1.55. The maximum atomic E-state index is 13.1. The van der Waals surface area contributed by atoms with Crippen molar-refractivity contribution in [2.45, 2.75) is 59.0 Å². The average molecular weight is 489 g/mol. The molecule has 5 rings (SSSR count). The first-order chi connectivity index (χ1) is 17.5. The number of hydrogen-bond donors (Lipinski definition) is 1. The summed E-state index contributed by atoms with van der Waals surface area (Å²) in [7, 11) is 1.67. The Morgan fingerprint density at radius 1 is 1.11 bits per heavy atom. The Labute approximate surface area is 210 Å². The number of aromatic nitrogens is 5. The molecule has 1 saturated heterocycles. The summed E-state index contributed by atoms with van der Waals surface area (Å²) in [6.45, 7) is 7.02. The van der Waals surface area contributed by atoms with Crippen LogP contribution in [0.5, 0.6) is 5.75 Å². The number of rotatable bonds is 9. The molecule has 1 N–H and O–H groups in total. The van der Waals surface area contributed by atoms with Crippen LogP contribution in [0.25, 0.3) is 10.9 Å². The van der Waals surface area contributed by atoms with Gasteiger partial charge < -0.3 is 14.5 Å². The molecule has 0 radical (unpaired) electrons. The predicted molar refractivity (Wildman–Crippen MR) is 137 cm³/mol. The molecule has 0 bridgehead atoms. The molecule has 9 nitrogen and oxygen atoms in total. The van der Waals surface area contributed by atoms with Crippen LogP contribution in [0.4, 0.5) is 0 Å². The van der Waals surface area contributed by atoms with Crippen molar-refractivity contribution in [1.82, 2.24) is 30.1 Å². The van der Waals surface area contributed by atoms with Gasteiger partial charge in [-0.2, -0.15) is 0 Å². The topological polar surface area (TPSA) is 98.2 Å². The standard InChI is InChI=1S/C27H32N6O3/c1-18-11-21-13-22(27(34)28-24(21)12-19(18)2)15-32(14-20-7-4-5-9-25(20)35-3)17-26-29-30-31-33(26)16-23-8-6-10-36-23/h4-5,7,9,11-13,23H,6,8,10,14-17H2,1-3H3,(H,28,34)/t23-/m1/s1. The zero-order valence-corrected chi connectivity index (χ0v) is 21.0. The third kappa shape index (κ3) is 5.32. The highest BCUT2D eigenvalue weighted by molar-refractivity contribution is 5.80. The molecule has 36 heavy (non-hydrogen) atoms. The van der Waals surface area contributed by atoms with Crippen molar-refractivity contribution in [3.05, 3.63) is 80.9 Å². The molecule has 3 heterocycles. The van der Waals surface area contributed by atoms with Gasteiger partial charge in [-0.05, 0) is 77.9 Å². The van der Waals surface area contributed by atoms with Crippen molar-refractivity contribution in [1.29, 1.82) is 0 Å². The molecule has 2 aromatic carbocycles. The number of pyridine rings is 1. The van der Waals surface area contributed by atoms with E-state index in [2.05, 4.69) is 45.3 Å². The summed E-state index contributed by atoms with van der Waals surface area (Å²) < 4.78 is 13.2. The molecule has 1 aliphatic rings. The number of methoxy groups -OCH3 is 1. The van der Waals surface area contributed by atoms with E-state index in [9.17, 15) is 4.79 Å². The van der Waals surface area contributed by atoms with E-state index in [0.717, 1.165) is 53.1 Å². The summed E-state index contributed by atoms with van der Waals surface area (Å²) in [6, 6.07) is 14.1. The van der Waals surface area contributed by atoms with Crippen LogP contribution in [0.15, 0.2) is 47.3 Å². The quantitative estimate of drug-likeness (QED) is 0.385. The molecule has 1 aliphatic heterocycles. The third-order valence-electron chi connectivity index (χ3n) is 6.89. The average Bonchev–Trinajstić information content (AvgIpc) is 3.54. The first kappa shape index (κ1) is 24.1. The Hall–Kier alpha value is -3.56. The van der Waals surface area contributed by atoms with Crippen molar-refractivity contribution in [2.24, 2.45) is 0 Å². The van der Waals surface area contributed by atoms with E-state index >= 15 is 0 Å². The van der Waals surface area contributed by atoms with Gasteiger partial charge in [-0.1, -0.05) is 18.2 Å². The van der Waals surface area contributed by atoms with E-state index in [0.29, 0.717) is 31.7 Å². The predicted octanol–water partition coefficient (Wildman–Crippen LogP) is 3.52. The van der Waals surface area contributed by atoms with Gasteiger partial charge >= 0.3 is 0 Å². The number of benzene rings is 2. The van der Waals surface area contributed by atoms with Crippen molar-refractivity contribution >= 4 is 10.9 Å². The summed E-state index contributed by atoms with van der Waals surface area (Å²) >= 11 is 0. The van der Waals surface area contributed by atoms with Crippen LogP contribution in [0.3, 0.4) is 0 Å². The second kappa shape index (κ2) is 10.6. The Morgan fingerprint density at radius 3 is 2.72 bits per heavy atom. The van der Waals surface area contributed by atoms with Crippen LogP contribution in [0.2, 0.25) is 0 Å². The molecular weight excluding hydrogens is 456 g/mol. The van der Waals surface area contributed by atoms with Crippen LogP contribution in [0.1, 0.15) is 40.9 Å². The Balaban J connectivity index is 1.46. The van der Waals surface area contributed by atoms with Crippen molar-refractivity contribution in [3.63, 3.8) is 0 Å². The number of H-pyrrole nitrogens is 1. The lowest BCUT2D eigenvalue weighted by molar-refractivity contribution is 0.0914. The number of nitrogens with one attached hydrogen (secondary N) is 1. The minimum Gasteiger partial charge on any atom is -0.496 e. The van der Waals surface area contributed by atoms with Gasteiger partial charge in [0.25, 0.3) is 5.56 Å². The first-order valence-corrected chi connectivity index (χ1v) is 12.3. The Kier molecular flexibility index (Phi) is 7.11. The lowest BCUT2D eigenvalue weighted by Crippen LogP contribution is -2.29. The molecule has 4 aromatic rings. The molecular formula is C27H32N6O3. The number of aromatic amines is 1. The smallest absolute Gasteiger partial charge is 0.252 e. The van der Waals surface area contributed by atoms with Gasteiger partial charge in [-0.3, -0.25) is 9.69 Å². The summed E-state index contributed by atoms with van der Waals surface area (Å²) in [5.41, 5.74) is 4.83. The molecule has 0 unspecified atom stereocenters. The number of aryl methyl sites for hydroxylation is 2. The fraction of sp³-hybridized carbons (Fsp3) is 0.407. The Bertz CT molecular complexity index is 1410. The molecule has 1 fully saturated rings. The van der Waals surface area contributed by atoms with Crippen molar-refractivity contribution in [3.8, 4) is 5.75 Å². The first-order valence-electron chi connectivity index (χ1n) is 12.3. The van der Waals surface area contributed by atoms with Crippen LogP contribution >= 0.6 is 0 Å². The maximum Gasteiger partial charge on any atom is 0.252 e. The largest absolute Gasteiger partial charge is 0.496 e. The van der Waals surface area contributed by atoms with Crippen LogP contribution in [0, 0.1) is 13.8 Å². The van der Waals surface area contributed by atoms with Crippen LogP contribution < -0.4 is 10.3 Å². The zero-order chi connectivity index (χ0) is 25.1. The van der Waals surface area contributed by atoms with Crippen LogP contribution in [-0.4, -0.2) is 49.9 Å². The number of tetrazole rings is 1. The van der Waals surface area contributed by atoms with E-state index in [1.807, 2.05) is 41.1 Å². The van der Waals surface area contributed by atoms with Gasteiger partial charge in [0, 0.05) is 36.3 Å². The lowest BCUT2D eigenvalue weighted by Gasteiger charge is -2.23. The van der Waals surface area contributed by atoms with Gasteiger partial charge in [0.1, 0.15) is 5.75 Å². The maximum absolute atomic E-state index is 13.1. The molecule has 9 heteroatoms. The third-order valence-corrected chi connectivity index (χ3v) is 6.89. The molecule has 1 atom stereocenters. The number of nitrogens with zero attached hydrogens (tertiary/aromatic N) is 5. The lowest BCUT2D eigenvalue weighted by atomic mass is 10.0. The normalized spacial score (nSPS) is 15.7. The highest BCUT2D eigenvalue weighted by atomic mass is 16.5. The summed E-state index contributed by atoms with van der Waals surface area (Å²) in [6.07, 6.45) is 2.20. The zero-order valence-electron chi connectivity index (χ0n) is 21.0. The van der Waals surface area contributed by atoms with E-state index in [-0.39, 0.29) is 11.7 Å². The molecule has 0 aliphatic carbocycles. The van der Waals surface area contributed by atoms with E-state index in [1.54, 1.807) is 7.11 Å². The fourth-order valence-electron chi connectivity index (χ4n) is 4.78. The van der Waals surface area contributed by atoms with Gasteiger partial charge in [0.05, 0.1) is 26.3 Å². The second-order valence-electron chi connectivity index (χ2n) is 9.52. The number of hydrogen-bond acceptors (Lipinski definition) is 7. The molecule has 0 amide bonds. The fourth-order valence-corrected chi connectivity index (χ4v) is 4.78.